The second-order valence-electron chi connectivity index (χ2n) is 5.11. The van der Waals surface area contributed by atoms with E-state index in [9.17, 15) is 12.8 Å². The lowest BCUT2D eigenvalue weighted by Gasteiger charge is -2.22. The molecule has 0 aromatic heterocycles. The Labute approximate surface area is 119 Å². The molecular weight excluding hydrogens is 283 g/mol. The maximum absolute atomic E-state index is 13.6. The maximum atomic E-state index is 13.6. The Balaban J connectivity index is 3.17. The number of nitrogens with one attached hydrogen (secondary N) is 1. The van der Waals surface area contributed by atoms with Crippen molar-refractivity contribution in [2.75, 3.05) is 12.3 Å². The summed E-state index contributed by atoms with van der Waals surface area (Å²) in [7, 11) is -3.88. The largest absolute Gasteiger partial charge is 0.399 e. The number of hydrogen-bond acceptors (Lipinski definition) is 4. The van der Waals surface area contributed by atoms with E-state index in [1.165, 1.54) is 13.0 Å². The van der Waals surface area contributed by atoms with Gasteiger partial charge in [-0.15, -0.1) is 0 Å². The molecule has 0 spiro atoms. The van der Waals surface area contributed by atoms with Gasteiger partial charge in [0.1, 0.15) is 5.82 Å². The van der Waals surface area contributed by atoms with Gasteiger partial charge in [0.25, 0.3) is 0 Å². The van der Waals surface area contributed by atoms with Crippen LogP contribution in [0.15, 0.2) is 17.0 Å². The minimum absolute atomic E-state index is 0.00290. The number of nitrogens with two attached hydrogens (primary N) is 1. The Kier molecular flexibility index (Phi) is 5.50. The summed E-state index contributed by atoms with van der Waals surface area (Å²) in [5.74, 6) is -0.656. The third-order valence-electron chi connectivity index (χ3n) is 3.16. The van der Waals surface area contributed by atoms with Gasteiger partial charge in [-0.1, -0.05) is 13.8 Å². The average molecular weight is 304 g/mol. The molecule has 1 unspecified atom stereocenters. The number of nitrogen functional groups attached to an aromatic ring is 1. The highest BCUT2D eigenvalue weighted by molar-refractivity contribution is 7.89. The van der Waals surface area contributed by atoms with Gasteiger partial charge < -0.3 is 10.8 Å². The highest BCUT2D eigenvalue weighted by atomic mass is 32.2. The quantitative estimate of drug-likeness (QED) is 0.693. The lowest BCUT2D eigenvalue weighted by molar-refractivity contribution is 0.256. The van der Waals surface area contributed by atoms with Crippen LogP contribution in [-0.4, -0.2) is 26.2 Å². The number of rotatable bonds is 6. The van der Waals surface area contributed by atoms with E-state index in [2.05, 4.69) is 4.72 Å². The van der Waals surface area contributed by atoms with Gasteiger partial charge in [0.2, 0.25) is 10.0 Å². The molecule has 1 atom stereocenters. The van der Waals surface area contributed by atoms with Crippen LogP contribution in [0.1, 0.15) is 25.8 Å². The molecule has 0 heterocycles. The molecule has 0 fully saturated rings. The molecule has 0 bridgehead atoms. The fourth-order valence-corrected chi connectivity index (χ4v) is 3.59. The molecule has 1 aromatic carbocycles. The van der Waals surface area contributed by atoms with E-state index >= 15 is 0 Å². The van der Waals surface area contributed by atoms with Gasteiger partial charge in [-0.3, -0.25) is 0 Å². The zero-order chi connectivity index (χ0) is 15.5. The zero-order valence-electron chi connectivity index (χ0n) is 11.9. The summed E-state index contributed by atoms with van der Waals surface area (Å²) in [4.78, 5) is -0.168. The fraction of sp³-hybridized carbons (Fsp3) is 0.538. The lowest BCUT2D eigenvalue weighted by Crippen LogP contribution is -2.39. The molecule has 0 saturated heterocycles. The number of benzene rings is 1. The summed E-state index contributed by atoms with van der Waals surface area (Å²) in [6.07, 6.45) is 0.292. The summed E-state index contributed by atoms with van der Waals surface area (Å²) in [5.41, 5.74) is 5.58. The topological polar surface area (TPSA) is 92.4 Å². The zero-order valence-corrected chi connectivity index (χ0v) is 12.7. The Morgan fingerprint density at radius 2 is 2.00 bits per heavy atom. The fourth-order valence-electron chi connectivity index (χ4n) is 1.88. The van der Waals surface area contributed by atoms with Crippen molar-refractivity contribution >= 4 is 15.7 Å². The number of halogens is 1. The van der Waals surface area contributed by atoms with Crippen molar-refractivity contribution in [2.45, 2.75) is 38.1 Å². The molecule has 7 heteroatoms. The normalized spacial score (nSPS) is 13.7. The first-order chi connectivity index (χ1) is 9.19. The molecule has 4 N–H and O–H groups in total. The molecule has 0 radical (unpaired) electrons. The van der Waals surface area contributed by atoms with Crippen LogP contribution in [0.25, 0.3) is 0 Å². The van der Waals surface area contributed by atoms with Crippen LogP contribution >= 0.6 is 0 Å². The average Bonchev–Trinajstić information content (AvgIpc) is 2.32. The highest BCUT2D eigenvalue weighted by Gasteiger charge is 2.25. The number of aliphatic hydroxyl groups is 1. The smallest absolute Gasteiger partial charge is 0.241 e. The van der Waals surface area contributed by atoms with Gasteiger partial charge in [-0.05, 0) is 31.4 Å². The Hall–Kier alpha value is -1.18. The maximum Gasteiger partial charge on any atom is 0.241 e. The molecule has 0 aliphatic carbocycles. The Morgan fingerprint density at radius 3 is 2.50 bits per heavy atom. The Morgan fingerprint density at radius 1 is 1.40 bits per heavy atom. The van der Waals surface area contributed by atoms with E-state index in [1.807, 2.05) is 13.8 Å². The van der Waals surface area contributed by atoms with Crippen molar-refractivity contribution in [3.05, 3.63) is 23.5 Å². The van der Waals surface area contributed by atoms with Crippen molar-refractivity contribution in [3.8, 4) is 0 Å². The van der Waals surface area contributed by atoms with E-state index in [1.54, 1.807) is 0 Å². The van der Waals surface area contributed by atoms with E-state index in [-0.39, 0.29) is 28.7 Å². The number of hydrogen-bond donors (Lipinski definition) is 3. The summed E-state index contributed by atoms with van der Waals surface area (Å²) in [6, 6.07) is 1.90. The third-order valence-corrected chi connectivity index (χ3v) is 4.78. The molecule has 20 heavy (non-hydrogen) atoms. The molecule has 0 amide bonds. The summed E-state index contributed by atoms with van der Waals surface area (Å²) in [6.45, 7) is 4.95. The SMILES string of the molecule is Cc1c(F)cc(N)cc1S(=O)(=O)NC(CCO)C(C)C. The van der Waals surface area contributed by atoms with Gasteiger partial charge in [0, 0.05) is 23.9 Å². The van der Waals surface area contributed by atoms with Crippen LogP contribution in [0, 0.1) is 18.7 Å². The second kappa shape index (κ2) is 6.51. The van der Waals surface area contributed by atoms with Gasteiger partial charge in [-0.25, -0.2) is 17.5 Å². The summed E-state index contributed by atoms with van der Waals surface area (Å²) < 4.78 is 40.8. The monoisotopic (exact) mass is 304 g/mol. The number of sulfonamides is 1. The lowest BCUT2D eigenvalue weighted by atomic mass is 10.0. The van der Waals surface area contributed by atoms with E-state index in [0.717, 1.165) is 6.07 Å². The molecule has 5 nitrogen and oxygen atoms in total. The number of aliphatic hydroxyl groups excluding tert-OH is 1. The molecular formula is C13H21FN2O3S. The Bertz CT molecular complexity index is 573. The van der Waals surface area contributed by atoms with Gasteiger partial charge >= 0.3 is 0 Å². The second-order valence-corrected chi connectivity index (χ2v) is 6.79. The molecule has 0 aliphatic heterocycles. The molecule has 0 saturated carbocycles. The van der Waals surface area contributed by atoms with Crippen LogP contribution in [0.4, 0.5) is 10.1 Å². The van der Waals surface area contributed by atoms with Gasteiger partial charge in [0.05, 0.1) is 4.90 Å². The van der Waals surface area contributed by atoms with Crippen LogP contribution in [0.3, 0.4) is 0 Å². The number of anilines is 1. The van der Waals surface area contributed by atoms with Gasteiger partial charge in [-0.2, -0.15) is 0 Å². The first-order valence-corrected chi connectivity index (χ1v) is 7.86. The summed E-state index contributed by atoms with van der Waals surface area (Å²) >= 11 is 0. The van der Waals surface area contributed by atoms with Crippen molar-refractivity contribution in [3.63, 3.8) is 0 Å². The summed E-state index contributed by atoms with van der Waals surface area (Å²) in [5, 5.41) is 8.98. The van der Waals surface area contributed by atoms with Crippen LogP contribution in [-0.2, 0) is 10.0 Å². The minimum Gasteiger partial charge on any atom is -0.399 e. The van der Waals surface area contributed by atoms with Crippen molar-refractivity contribution < 1.29 is 17.9 Å². The van der Waals surface area contributed by atoms with Crippen LogP contribution in [0.5, 0.6) is 0 Å². The molecule has 0 aliphatic rings. The van der Waals surface area contributed by atoms with Crippen LogP contribution in [0.2, 0.25) is 0 Å². The van der Waals surface area contributed by atoms with Gasteiger partial charge in [0.15, 0.2) is 0 Å². The molecule has 1 aromatic rings. The first-order valence-electron chi connectivity index (χ1n) is 6.38. The predicted octanol–water partition coefficient (Wildman–Crippen LogP) is 1.40. The van der Waals surface area contributed by atoms with E-state index < -0.39 is 21.9 Å². The highest BCUT2D eigenvalue weighted by Crippen LogP contribution is 2.22. The van der Waals surface area contributed by atoms with E-state index in [4.69, 9.17) is 10.8 Å². The van der Waals surface area contributed by atoms with Crippen molar-refractivity contribution in [2.24, 2.45) is 5.92 Å². The molecule has 1 rings (SSSR count). The standard InChI is InChI=1S/C13H21FN2O3S/c1-8(2)12(4-5-17)16-20(18,19)13-7-10(15)6-11(14)9(13)3/h6-8,12,16-17H,4-5,15H2,1-3H3. The van der Waals surface area contributed by atoms with Crippen molar-refractivity contribution in [1.29, 1.82) is 0 Å². The molecule has 114 valence electrons. The van der Waals surface area contributed by atoms with Crippen molar-refractivity contribution in [1.82, 2.24) is 4.72 Å². The third kappa shape index (κ3) is 3.91. The van der Waals surface area contributed by atoms with Crippen LogP contribution < -0.4 is 10.5 Å². The predicted molar refractivity (Wildman–Crippen MR) is 76.2 cm³/mol. The minimum atomic E-state index is -3.88. The van der Waals surface area contributed by atoms with E-state index in [0.29, 0.717) is 6.42 Å². The first kappa shape index (κ1) is 16.9.